The van der Waals surface area contributed by atoms with E-state index in [1.54, 1.807) is 24.3 Å². The summed E-state index contributed by atoms with van der Waals surface area (Å²) in [5.74, 6) is -1.62. The number of carbonyl (C=O) groups excluding carboxylic acids is 3. The van der Waals surface area contributed by atoms with E-state index in [2.05, 4.69) is 6.07 Å². The normalized spacial score (nSPS) is 20.5. The average Bonchev–Trinajstić information content (AvgIpc) is 3.21. The predicted octanol–water partition coefficient (Wildman–Crippen LogP) is 3.22. The first kappa shape index (κ1) is 20.1. The molecular formula is C24H26N2O4. The van der Waals surface area contributed by atoms with Crippen molar-refractivity contribution >= 4 is 23.5 Å². The lowest BCUT2D eigenvalue weighted by Gasteiger charge is -2.32. The molecule has 6 nitrogen and oxygen atoms in total. The van der Waals surface area contributed by atoms with Gasteiger partial charge in [0.1, 0.15) is 6.61 Å². The standard InChI is InChI=1S/C24H26N2O4/c25-22(27)18-8-5-6-16(14-18)15-30-24(29)20-10-3-2-9-19(20)23(28)26-13-12-17-7-1-4-11-21(17)26/h1,4-8,11,14,19-20H,2-3,9-10,12-13,15H2,(H2,25,27). The zero-order chi connectivity index (χ0) is 21.1. The molecule has 0 saturated heterocycles. The maximum Gasteiger partial charge on any atom is 0.310 e. The lowest BCUT2D eigenvalue weighted by atomic mass is 9.78. The van der Waals surface area contributed by atoms with Crippen molar-refractivity contribution in [1.29, 1.82) is 0 Å². The van der Waals surface area contributed by atoms with Crippen LogP contribution in [0.25, 0.3) is 0 Å². The highest BCUT2D eigenvalue weighted by molar-refractivity contribution is 5.99. The van der Waals surface area contributed by atoms with Gasteiger partial charge in [0.2, 0.25) is 11.8 Å². The highest BCUT2D eigenvalue weighted by atomic mass is 16.5. The minimum absolute atomic E-state index is 0.0253. The number of carbonyl (C=O) groups is 3. The Kier molecular flexibility index (Phi) is 5.84. The number of hydrogen-bond acceptors (Lipinski definition) is 4. The van der Waals surface area contributed by atoms with E-state index in [-0.39, 0.29) is 24.4 Å². The van der Waals surface area contributed by atoms with Gasteiger partial charge in [0.25, 0.3) is 0 Å². The number of ether oxygens (including phenoxy) is 1. The Morgan fingerprint density at radius 1 is 1.00 bits per heavy atom. The van der Waals surface area contributed by atoms with E-state index in [4.69, 9.17) is 10.5 Å². The molecule has 2 amide bonds. The van der Waals surface area contributed by atoms with Crippen LogP contribution in [0, 0.1) is 11.8 Å². The van der Waals surface area contributed by atoms with Gasteiger partial charge in [0.05, 0.1) is 11.8 Å². The van der Waals surface area contributed by atoms with Crippen LogP contribution in [0.15, 0.2) is 48.5 Å². The van der Waals surface area contributed by atoms with Gasteiger partial charge in [-0.05, 0) is 48.6 Å². The minimum atomic E-state index is -0.521. The van der Waals surface area contributed by atoms with Crippen LogP contribution in [0.3, 0.4) is 0 Å². The van der Waals surface area contributed by atoms with Crippen molar-refractivity contribution in [2.24, 2.45) is 17.6 Å². The summed E-state index contributed by atoms with van der Waals surface area (Å²) in [6.45, 7) is 0.722. The smallest absolute Gasteiger partial charge is 0.310 e. The number of fused-ring (bicyclic) bond motifs is 1. The monoisotopic (exact) mass is 406 g/mol. The summed E-state index contributed by atoms with van der Waals surface area (Å²) in [5, 5.41) is 0. The zero-order valence-corrected chi connectivity index (χ0v) is 16.9. The number of hydrogen-bond donors (Lipinski definition) is 1. The molecule has 1 heterocycles. The van der Waals surface area contributed by atoms with E-state index in [9.17, 15) is 14.4 Å². The quantitative estimate of drug-likeness (QED) is 0.772. The Morgan fingerprint density at radius 3 is 2.57 bits per heavy atom. The fourth-order valence-electron chi connectivity index (χ4n) is 4.55. The number of nitrogens with zero attached hydrogens (tertiary/aromatic N) is 1. The van der Waals surface area contributed by atoms with Gasteiger partial charge in [0.15, 0.2) is 0 Å². The van der Waals surface area contributed by atoms with Crippen LogP contribution in [0.4, 0.5) is 5.69 Å². The number of para-hydroxylation sites is 1. The van der Waals surface area contributed by atoms with Gasteiger partial charge in [-0.1, -0.05) is 43.2 Å². The molecule has 1 fully saturated rings. The van der Waals surface area contributed by atoms with E-state index >= 15 is 0 Å². The molecule has 1 aliphatic heterocycles. The van der Waals surface area contributed by atoms with Crippen LogP contribution >= 0.6 is 0 Å². The first-order chi connectivity index (χ1) is 14.5. The Bertz CT molecular complexity index is 971. The van der Waals surface area contributed by atoms with Gasteiger partial charge in [-0.15, -0.1) is 0 Å². The number of primary amides is 1. The Balaban J connectivity index is 1.44. The van der Waals surface area contributed by atoms with Crippen molar-refractivity contribution in [3.05, 3.63) is 65.2 Å². The van der Waals surface area contributed by atoms with Gasteiger partial charge in [-0.25, -0.2) is 0 Å². The van der Waals surface area contributed by atoms with E-state index < -0.39 is 11.8 Å². The number of benzene rings is 2. The average molecular weight is 406 g/mol. The molecule has 0 spiro atoms. The number of esters is 1. The molecule has 2 aromatic rings. The van der Waals surface area contributed by atoms with Crippen LogP contribution in [0.5, 0.6) is 0 Å². The third-order valence-corrected chi connectivity index (χ3v) is 6.13. The number of amides is 2. The van der Waals surface area contributed by atoms with E-state index in [0.29, 0.717) is 30.5 Å². The largest absolute Gasteiger partial charge is 0.461 e. The molecule has 156 valence electrons. The third kappa shape index (κ3) is 4.08. The summed E-state index contributed by atoms with van der Waals surface area (Å²) < 4.78 is 5.55. The molecule has 2 aromatic carbocycles. The van der Waals surface area contributed by atoms with Crippen molar-refractivity contribution in [2.45, 2.75) is 38.7 Å². The van der Waals surface area contributed by atoms with Crippen LogP contribution < -0.4 is 10.6 Å². The molecule has 0 aromatic heterocycles. The second-order valence-corrected chi connectivity index (χ2v) is 8.04. The van der Waals surface area contributed by atoms with E-state index in [1.165, 1.54) is 5.56 Å². The van der Waals surface area contributed by atoms with Crippen LogP contribution in [-0.4, -0.2) is 24.3 Å². The zero-order valence-electron chi connectivity index (χ0n) is 16.9. The predicted molar refractivity (Wildman–Crippen MR) is 113 cm³/mol. The first-order valence-electron chi connectivity index (χ1n) is 10.5. The lowest BCUT2D eigenvalue weighted by molar-refractivity contribution is -0.155. The number of nitrogens with two attached hydrogens (primary N) is 1. The second-order valence-electron chi connectivity index (χ2n) is 8.04. The molecule has 30 heavy (non-hydrogen) atoms. The minimum Gasteiger partial charge on any atom is -0.461 e. The van der Waals surface area contributed by atoms with Gasteiger partial charge in [-0.2, -0.15) is 0 Å². The molecule has 1 saturated carbocycles. The van der Waals surface area contributed by atoms with Crippen LogP contribution in [-0.2, 0) is 27.4 Å². The summed E-state index contributed by atoms with van der Waals surface area (Å²) in [6.07, 6.45) is 4.06. The molecule has 2 unspecified atom stereocenters. The van der Waals surface area contributed by atoms with E-state index in [0.717, 1.165) is 24.9 Å². The molecular weight excluding hydrogens is 380 g/mol. The Hall–Kier alpha value is -3.15. The molecule has 0 radical (unpaired) electrons. The Morgan fingerprint density at radius 2 is 1.77 bits per heavy atom. The highest BCUT2D eigenvalue weighted by Crippen LogP contribution is 2.36. The summed E-state index contributed by atoms with van der Waals surface area (Å²) in [5.41, 5.74) is 8.53. The molecule has 2 atom stereocenters. The fraction of sp³-hybridized carbons (Fsp3) is 0.375. The van der Waals surface area contributed by atoms with Crippen molar-refractivity contribution < 1.29 is 19.1 Å². The molecule has 6 heteroatoms. The molecule has 2 N–H and O–H groups in total. The summed E-state index contributed by atoms with van der Waals surface area (Å²) in [7, 11) is 0. The Labute approximate surface area is 176 Å². The van der Waals surface area contributed by atoms with Crippen molar-refractivity contribution in [2.75, 3.05) is 11.4 Å². The third-order valence-electron chi connectivity index (χ3n) is 6.13. The van der Waals surface area contributed by atoms with Crippen molar-refractivity contribution in [1.82, 2.24) is 0 Å². The summed E-state index contributed by atoms with van der Waals surface area (Å²) >= 11 is 0. The topological polar surface area (TPSA) is 89.7 Å². The molecule has 4 rings (SSSR count). The van der Waals surface area contributed by atoms with Crippen molar-refractivity contribution in [3.63, 3.8) is 0 Å². The lowest BCUT2D eigenvalue weighted by Crippen LogP contribution is -2.42. The highest BCUT2D eigenvalue weighted by Gasteiger charge is 2.40. The van der Waals surface area contributed by atoms with Gasteiger partial charge >= 0.3 is 5.97 Å². The molecule has 1 aliphatic carbocycles. The van der Waals surface area contributed by atoms with Gasteiger partial charge in [0, 0.05) is 17.8 Å². The summed E-state index contributed by atoms with van der Waals surface area (Å²) in [4.78, 5) is 39.4. The van der Waals surface area contributed by atoms with Crippen molar-refractivity contribution in [3.8, 4) is 0 Å². The molecule has 0 bridgehead atoms. The first-order valence-corrected chi connectivity index (χ1v) is 10.5. The van der Waals surface area contributed by atoms with Crippen LogP contribution in [0.2, 0.25) is 0 Å². The van der Waals surface area contributed by atoms with Gasteiger partial charge < -0.3 is 15.4 Å². The fourth-order valence-corrected chi connectivity index (χ4v) is 4.55. The number of anilines is 1. The van der Waals surface area contributed by atoms with Crippen LogP contribution in [0.1, 0.15) is 47.2 Å². The second kappa shape index (κ2) is 8.69. The molecule has 2 aliphatic rings. The SMILES string of the molecule is NC(=O)c1cccc(COC(=O)C2CCCCC2C(=O)N2CCc3ccccc32)c1. The van der Waals surface area contributed by atoms with Gasteiger partial charge in [-0.3, -0.25) is 14.4 Å². The summed E-state index contributed by atoms with van der Waals surface area (Å²) in [6, 6.07) is 14.7. The maximum atomic E-state index is 13.3. The number of rotatable bonds is 5. The van der Waals surface area contributed by atoms with E-state index in [1.807, 2.05) is 23.1 Å². The maximum absolute atomic E-state index is 13.3.